The summed E-state index contributed by atoms with van der Waals surface area (Å²) in [6.07, 6.45) is 3.02. The lowest BCUT2D eigenvalue weighted by Gasteiger charge is -2.11. The van der Waals surface area contributed by atoms with Gasteiger partial charge in [-0.05, 0) is 43.2 Å². The average molecular weight is 547 g/mol. The number of anilines is 1. The van der Waals surface area contributed by atoms with Crippen molar-refractivity contribution in [3.63, 3.8) is 0 Å². The van der Waals surface area contributed by atoms with Crippen molar-refractivity contribution in [3.8, 4) is 11.5 Å². The minimum Gasteiger partial charge on any atom is -0.444 e. The molecule has 0 aliphatic rings. The molecule has 3 N–H and O–H groups in total. The lowest BCUT2D eigenvalue weighted by atomic mass is 10.1. The van der Waals surface area contributed by atoms with Crippen LogP contribution in [-0.4, -0.2) is 23.9 Å². The fourth-order valence-electron chi connectivity index (χ4n) is 2.95. The van der Waals surface area contributed by atoms with E-state index in [1.165, 1.54) is 5.56 Å². The minimum atomic E-state index is 0. The summed E-state index contributed by atoms with van der Waals surface area (Å²) in [5.74, 6) is 1.31. The summed E-state index contributed by atoms with van der Waals surface area (Å²) in [5, 5.41) is 9.40. The number of nitrogens with one attached hydrogen (secondary N) is 3. The summed E-state index contributed by atoms with van der Waals surface area (Å²) >= 11 is 0. The quantitative estimate of drug-likeness (QED) is 0.213. The second-order valence-electron chi connectivity index (χ2n) is 7.28. The molecule has 1 heterocycles. The molecule has 2 aromatic carbocycles. The van der Waals surface area contributed by atoms with Crippen molar-refractivity contribution in [2.24, 2.45) is 4.99 Å². The molecule has 0 atom stereocenters. The largest absolute Gasteiger partial charge is 0.444 e. The maximum Gasteiger partial charge on any atom is 0.226 e. The molecule has 32 heavy (non-hydrogen) atoms. The first kappa shape index (κ1) is 25.4. The van der Waals surface area contributed by atoms with Gasteiger partial charge in [-0.15, -0.1) is 24.0 Å². The number of aliphatic imine (C=N–C) groups is 1. The number of hydrogen-bond donors (Lipinski definition) is 3. The predicted octanol–water partition coefficient (Wildman–Crippen LogP) is 4.87. The Morgan fingerprint density at radius 1 is 1.03 bits per heavy atom. The Kier molecular flexibility index (Phi) is 10.2. The van der Waals surface area contributed by atoms with E-state index in [0.29, 0.717) is 31.4 Å². The van der Waals surface area contributed by atoms with Crippen molar-refractivity contribution >= 4 is 41.5 Å². The monoisotopic (exact) mass is 547 g/mol. The Morgan fingerprint density at radius 3 is 2.38 bits per heavy atom. The second kappa shape index (κ2) is 12.8. The van der Waals surface area contributed by atoms with Crippen LogP contribution in [0.5, 0.6) is 0 Å². The Labute approximate surface area is 206 Å². The Bertz CT molecular complexity index is 1010. The van der Waals surface area contributed by atoms with E-state index in [1.54, 1.807) is 13.3 Å². The molecule has 170 valence electrons. The second-order valence-corrected chi connectivity index (χ2v) is 7.28. The van der Waals surface area contributed by atoms with Gasteiger partial charge in [-0.1, -0.05) is 36.8 Å². The van der Waals surface area contributed by atoms with Gasteiger partial charge in [0.05, 0.1) is 12.2 Å². The molecule has 0 aliphatic carbocycles. The highest BCUT2D eigenvalue weighted by Gasteiger charge is 2.07. The zero-order valence-corrected chi connectivity index (χ0v) is 21.0. The first-order chi connectivity index (χ1) is 15.1. The van der Waals surface area contributed by atoms with Gasteiger partial charge in [0.1, 0.15) is 6.26 Å². The van der Waals surface area contributed by atoms with E-state index in [1.807, 2.05) is 62.4 Å². The van der Waals surface area contributed by atoms with Gasteiger partial charge in [-0.3, -0.25) is 9.79 Å². The summed E-state index contributed by atoms with van der Waals surface area (Å²) in [7, 11) is 1.72. The number of carbonyl (C=O) groups is 1. The van der Waals surface area contributed by atoms with Crippen molar-refractivity contribution in [2.45, 2.75) is 39.8 Å². The molecule has 7 nitrogen and oxygen atoms in total. The lowest BCUT2D eigenvalue weighted by molar-refractivity contribution is -0.116. The SMILES string of the molecule is CCCC(=O)Nc1ccc(CNC(=NC)NCc2coc(-c3ccc(C)cc3)n2)cc1.I. The molecule has 1 amide bonds. The van der Waals surface area contributed by atoms with Gasteiger partial charge >= 0.3 is 0 Å². The molecular weight excluding hydrogens is 517 g/mol. The molecule has 0 radical (unpaired) electrons. The number of nitrogens with zero attached hydrogens (tertiary/aromatic N) is 2. The van der Waals surface area contributed by atoms with Crippen LogP contribution in [0.4, 0.5) is 5.69 Å². The molecule has 3 aromatic rings. The van der Waals surface area contributed by atoms with Crippen molar-refractivity contribution in [1.82, 2.24) is 15.6 Å². The standard InChI is InChI=1S/C24H29N5O2.HI/c1-4-5-22(30)28-20-12-8-18(9-13-20)14-26-24(25-3)27-15-21-16-31-23(29-21)19-10-6-17(2)7-11-19;/h6-13,16H,4-5,14-15H2,1-3H3,(H,28,30)(H2,25,26,27);1H. The first-order valence-electron chi connectivity index (χ1n) is 10.4. The fourth-order valence-corrected chi connectivity index (χ4v) is 2.95. The Balaban J connectivity index is 0.00000363. The molecule has 0 aliphatic heterocycles. The predicted molar refractivity (Wildman–Crippen MR) is 139 cm³/mol. The molecule has 0 spiro atoms. The summed E-state index contributed by atoms with van der Waals surface area (Å²) in [4.78, 5) is 20.5. The smallest absolute Gasteiger partial charge is 0.226 e. The molecule has 8 heteroatoms. The molecule has 0 fully saturated rings. The molecular formula is C24H30IN5O2. The average Bonchev–Trinajstić information content (AvgIpc) is 3.24. The van der Waals surface area contributed by atoms with E-state index >= 15 is 0 Å². The third kappa shape index (κ3) is 7.67. The van der Waals surface area contributed by atoms with Crippen LogP contribution in [0.1, 0.15) is 36.6 Å². The van der Waals surface area contributed by atoms with Crippen LogP contribution in [0.15, 0.2) is 64.2 Å². The van der Waals surface area contributed by atoms with Gasteiger partial charge < -0.3 is 20.4 Å². The number of carbonyl (C=O) groups excluding carboxylic acids is 1. The van der Waals surface area contributed by atoms with Crippen molar-refractivity contribution in [2.75, 3.05) is 12.4 Å². The first-order valence-corrected chi connectivity index (χ1v) is 10.4. The Hall–Kier alpha value is -2.88. The normalized spacial score (nSPS) is 10.9. The maximum absolute atomic E-state index is 11.7. The van der Waals surface area contributed by atoms with Crippen LogP contribution in [0.2, 0.25) is 0 Å². The number of rotatable bonds is 8. The fraction of sp³-hybridized carbons (Fsp3) is 0.292. The third-order valence-electron chi connectivity index (χ3n) is 4.69. The third-order valence-corrected chi connectivity index (χ3v) is 4.69. The molecule has 0 bridgehead atoms. The van der Waals surface area contributed by atoms with Crippen molar-refractivity contribution in [1.29, 1.82) is 0 Å². The highest BCUT2D eigenvalue weighted by atomic mass is 127. The van der Waals surface area contributed by atoms with Crippen LogP contribution in [0.25, 0.3) is 11.5 Å². The number of halogens is 1. The zero-order chi connectivity index (χ0) is 22.1. The van der Waals surface area contributed by atoms with Crippen LogP contribution >= 0.6 is 24.0 Å². The molecule has 3 rings (SSSR count). The summed E-state index contributed by atoms with van der Waals surface area (Å²) in [6, 6.07) is 15.8. The summed E-state index contributed by atoms with van der Waals surface area (Å²) in [6.45, 7) is 5.14. The number of aromatic nitrogens is 1. The highest BCUT2D eigenvalue weighted by molar-refractivity contribution is 14.0. The van der Waals surface area contributed by atoms with Crippen LogP contribution in [0, 0.1) is 6.92 Å². The molecule has 0 unspecified atom stereocenters. The zero-order valence-electron chi connectivity index (χ0n) is 18.6. The van der Waals surface area contributed by atoms with E-state index < -0.39 is 0 Å². The lowest BCUT2D eigenvalue weighted by Crippen LogP contribution is -2.36. The van der Waals surface area contributed by atoms with Gasteiger partial charge in [0.25, 0.3) is 0 Å². The summed E-state index contributed by atoms with van der Waals surface area (Å²) < 4.78 is 5.60. The van der Waals surface area contributed by atoms with Crippen LogP contribution in [-0.2, 0) is 17.9 Å². The van der Waals surface area contributed by atoms with Gasteiger partial charge in [-0.25, -0.2) is 4.98 Å². The van der Waals surface area contributed by atoms with Crippen LogP contribution < -0.4 is 16.0 Å². The number of aryl methyl sites for hydroxylation is 1. The van der Waals surface area contributed by atoms with E-state index in [-0.39, 0.29) is 29.9 Å². The van der Waals surface area contributed by atoms with E-state index in [4.69, 9.17) is 4.42 Å². The number of amides is 1. The Morgan fingerprint density at radius 2 is 1.72 bits per heavy atom. The van der Waals surface area contributed by atoms with Gasteiger partial charge in [-0.2, -0.15) is 0 Å². The summed E-state index contributed by atoms with van der Waals surface area (Å²) in [5.41, 5.74) is 4.84. The van der Waals surface area contributed by atoms with E-state index in [0.717, 1.165) is 28.9 Å². The van der Waals surface area contributed by atoms with Crippen molar-refractivity contribution < 1.29 is 9.21 Å². The van der Waals surface area contributed by atoms with Gasteiger partial charge in [0, 0.05) is 31.3 Å². The molecule has 0 saturated carbocycles. The van der Waals surface area contributed by atoms with Crippen molar-refractivity contribution in [3.05, 3.63) is 71.6 Å². The van der Waals surface area contributed by atoms with Gasteiger partial charge in [0.2, 0.25) is 11.8 Å². The topological polar surface area (TPSA) is 91.5 Å². The minimum absolute atomic E-state index is 0. The van der Waals surface area contributed by atoms with E-state index in [9.17, 15) is 4.79 Å². The number of guanidine groups is 1. The number of oxazole rings is 1. The number of hydrogen-bond acceptors (Lipinski definition) is 4. The van der Waals surface area contributed by atoms with E-state index in [2.05, 4.69) is 25.9 Å². The molecule has 1 aromatic heterocycles. The van der Waals surface area contributed by atoms with Crippen LogP contribution in [0.3, 0.4) is 0 Å². The molecule has 0 saturated heterocycles. The number of benzene rings is 2. The highest BCUT2D eigenvalue weighted by Crippen LogP contribution is 2.19. The maximum atomic E-state index is 11.7. The van der Waals surface area contributed by atoms with Gasteiger partial charge in [0.15, 0.2) is 5.96 Å².